The molecular weight excluding hydrogens is 332 g/mol. The van der Waals surface area contributed by atoms with Crippen molar-refractivity contribution >= 4 is 21.9 Å². The third kappa shape index (κ3) is 3.85. The molecule has 2 rings (SSSR count). The molecule has 0 saturated heterocycles. The van der Waals surface area contributed by atoms with Crippen LogP contribution in [0, 0.1) is 0 Å². The summed E-state index contributed by atoms with van der Waals surface area (Å²) in [6.45, 7) is 4.35. The Morgan fingerprint density at radius 1 is 1.24 bits per heavy atom. The van der Waals surface area contributed by atoms with Crippen LogP contribution in [0.15, 0.2) is 46.9 Å². The van der Waals surface area contributed by atoms with Gasteiger partial charge in [0.2, 0.25) is 0 Å². The Labute approximate surface area is 132 Å². The minimum absolute atomic E-state index is 0.223. The standard InChI is InChI=1S/C17H17BrO3/c1-3-11(2)12-4-7-14(8-5-12)21-16-9-6-13(17(19)20)10-15(16)18/h4-11H,3H2,1-2H3,(H,19,20). The van der Waals surface area contributed by atoms with Gasteiger partial charge in [-0.05, 0) is 64.2 Å². The Morgan fingerprint density at radius 3 is 2.43 bits per heavy atom. The fourth-order valence-corrected chi connectivity index (χ4v) is 2.40. The van der Waals surface area contributed by atoms with Crippen molar-refractivity contribution in [2.24, 2.45) is 0 Å². The molecule has 0 aliphatic carbocycles. The number of hydrogen-bond acceptors (Lipinski definition) is 2. The van der Waals surface area contributed by atoms with E-state index in [1.807, 2.05) is 12.1 Å². The third-order valence-electron chi connectivity index (χ3n) is 3.47. The Bertz CT molecular complexity index is 635. The molecule has 21 heavy (non-hydrogen) atoms. The number of hydrogen-bond donors (Lipinski definition) is 1. The summed E-state index contributed by atoms with van der Waals surface area (Å²) in [6.07, 6.45) is 1.10. The van der Waals surface area contributed by atoms with Crippen LogP contribution >= 0.6 is 15.9 Å². The normalized spacial score (nSPS) is 12.0. The maximum Gasteiger partial charge on any atom is 0.335 e. The number of carbonyl (C=O) groups is 1. The van der Waals surface area contributed by atoms with Gasteiger partial charge in [0.25, 0.3) is 0 Å². The smallest absolute Gasteiger partial charge is 0.335 e. The molecule has 4 heteroatoms. The first kappa shape index (κ1) is 15.6. The van der Waals surface area contributed by atoms with E-state index in [1.165, 1.54) is 17.7 Å². The zero-order valence-corrected chi connectivity index (χ0v) is 13.6. The second kappa shape index (κ2) is 6.76. The number of carboxylic acid groups (broad SMARTS) is 1. The van der Waals surface area contributed by atoms with Crippen LogP contribution in [0.3, 0.4) is 0 Å². The van der Waals surface area contributed by atoms with Gasteiger partial charge < -0.3 is 9.84 Å². The van der Waals surface area contributed by atoms with E-state index in [2.05, 4.69) is 41.9 Å². The lowest BCUT2D eigenvalue weighted by molar-refractivity contribution is 0.0697. The van der Waals surface area contributed by atoms with Crippen molar-refractivity contribution in [3.8, 4) is 11.5 Å². The van der Waals surface area contributed by atoms with E-state index < -0.39 is 5.97 Å². The summed E-state index contributed by atoms with van der Waals surface area (Å²) in [5.41, 5.74) is 1.51. The number of rotatable bonds is 5. The predicted molar refractivity (Wildman–Crippen MR) is 86.3 cm³/mol. The minimum atomic E-state index is -0.958. The quantitative estimate of drug-likeness (QED) is 0.780. The number of benzene rings is 2. The number of halogens is 1. The molecule has 2 aromatic carbocycles. The maximum absolute atomic E-state index is 10.9. The summed E-state index contributed by atoms with van der Waals surface area (Å²) in [6, 6.07) is 12.7. The van der Waals surface area contributed by atoms with Gasteiger partial charge in [0.05, 0.1) is 10.0 Å². The fraction of sp³-hybridized carbons (Fsp3) is 0.235. The van der Waals surface area contributed by atoms with Gasteiger partial charge in [-0.1, -0.05) is 26.0 Å². The predicted octanol–water partition coefficient (Wildman–Crippen LogP) is 5.45. The first-order chi connectivity index (χ1) is 10.0. The number of aromatic carboxylic acids is 1. The lowest BCUT2D eigenvalue weighted by Crippen LogP contribution is -1.96. The minimum Gasteiger partial charge on any atom is -0.478 e. The van der Waals surface area contributed by atoms with E-state index in [4.69, 9.17) is 9.84 Å². The zero-order valence-electron chi connectivity index (χ0n) is 12.0. The molecule has 0 aromatic heterocycles. The van der Waals surface area contributed by atoms with Crippen LogP contribution in [-0.4, -0.2) is 11.1 Å². The molecule has 0 aliphatic rings. The van der Waals surface area contributed by atoms with E-state index in [9.17, 15) is 4.79 Å². The van der Waals surface area contributed by atoms with Gasteiger partial charge in [-0.3, -0.25) is 0 Å². The lowest BCUT2D eigenvalue weighted by Gasteiger charge is -2.11. The van der Waals surface area contributed by atoms with Gasteiger partial charge in [-0.25, -0.2) is 4.79 Å². The molecule has 0 amide bonds. The highest BCUT2D eigenvalue weighted by Crippen LogP contribution is 2.31. The van der Waals surface area contributed by atoms with Crippen molar-refractivity contribution < 1.29 is 14.6 Å². The average Bonchev–Trinajstić information content (AvgIpc) is 2.49. The zero-order chi connectivity index (χ0) is 15.4. The highest BCUT2D eigenvalue weighted by atomic mass is 79.9. The van der Waals surface area contributed by atoms with Crippen molar-refractivity contribution in [3.05, 3.63) is 58.1 Å². The summed E-state index contributed by atoms with van der Waals surface area (Å²) < 4.78 is 6.39. The van der Waals surface area contributed by atoms with Gasteiger partial charge in [-0.2, -0.15) is 0 Å². The molecule has 0 radical (unpaired) electrons. The Balaban J connectivity index is 2.16. The van der Waals surface area contributed by atoms with E-state index in [1.54, 1.807) is 6.07 Å². The van der Waals surface area contributed by atoms with Crippen molar-refractivity contribution in [1.29, 1.82) is 0 Å². The summed E-state index contributed by atoms with van der Waals surface area (Å²) in [5.74, 6) is 0.892. The molecule has 3 nitrogen and oxygen atoms in total. The molecular formula is C17H17BrO3. The van der Waals surface area contributed by atoms with Crippen LogP contribution in [0.25, 0.3) is 0 Å². The second-order valence-corrected chi connectivity index (χ2v) is 5.79. The van der Waals surface area contributed by atoms with Crippen molar-refractivity contribution in [3.63, 3.8) is 0 Å². The van der Waals surface area contributed by atoms with E-state index in [0.29, 0.717) is 16.1 Å². The third-order valence-corrected chi connectivity index (χ3v) is 4.09. The van der Waals surface area contributed by atoms with Crippen LogP contribution in [0.4, 0.5) is 0 Å². The van der Waals surface area contributed by atoms with Gasteiger partial charge in [0.15, 0.2) is 0 Å². The van der Waals surface area contributed by atoms with Crippen LogP contribution < -0.4 is 4.74 Å². The topological polar surface area (TPSA) is 46.5 Å². The molecule has 110 valence electrons. The molecule has 0 heterocycles. The van der Waals surface area contributed by atoms with E-state index >= 15 is 0 Å². The number of ether oxygens (including phenoxy) is 1. The Kier molecular flexibility index (Phi) is 5.02. The monoisotopic (exact) mass is 348 g/mol. The molecule has 0 bridgehead atoms. The van der Waals surface area contributed by atoms with Crippen LogP contribution in [0.5, 0.6) is 11.5 Å². The highest BCUT2D eigenvalue weighted by molar-refractivity contribution is 9.10. The van der Waals surface area contributed by atoms with Gasteiger partial charge in [0.1, 0.15) is 11.5 Å². The van der Waals surface area contributed by atoms with Crippen LogP contribution in [-0.2, 0) is 0 Å². The first-order valence-electron chi connectivity index (χ1n) is 6.82. The summed E-state index contributed by atoms with van der Waals surface area (Å²) >= 11 is 3.33. The highest BCUT2D eigenvalue weighted by Gasteiger charge is 2.09. The van der Waals surface area contributed by atoms with Crippen LogP contribution in [0.1, 0.15) is 42.1 Å². The van der Waals surface area contributed by atoms with Gasteiger partial charge in [-0.15, -0.1) is 0 Å². The first-order valence-corrected chi connectivity index (χ1v) is 7.61. The van der Waals surface area contributed by atoms with E-state index in [0.717, 1.165) is 12.2 Å². The average molecular weight is 349 g/mol. The molecule has 2 aromatic rings. The fourth-order valence-electron chi connectivity index (χ4n) is 1.94. The number of carboxylic acids is 1. The molecule has 0 saturated carbocycles. The lowest BCUT2D eigenvalue weighted by atomic mass is 9.99. The van der Waals surface area contributed by atoms with E-state index in [-0.39, 0.29) is 5.56 Å². The maximum atomic E-state index is 10.9. The van der Waals surface area contributed by atoms with Gasteiger partial charge >= 0.3 is 5.97 Å². The molecule has 0 spiro atoms. The van der Waals surface area contributed by atoms with Crippen molar-refractivity contribution in [2.45, 2.75) is 26.2 Å². The molecule has 1 unspecified atom stereocenters. The molecule has 0 fully saturated rings. The Morgan fingerprint density at radius 2 is 1.90 bits per heavy atom. The molecule has 0 aliphatic heterocycles. The summed E-state index contributed by atoms with van der Waals surface area (Å²) in [4.78, 5) is 10.9. The van der Waals surface area contributed by atoms with Gasteiger partial charge in [0, 0.05) is 0 Å². The van der Waals surface area contributed by atoms with Crippen molar-refractivity contribution in [2.75, 3.05) is 0 Å². The largest absolute Gasteiger partial charge is 0.478 e. The SMILES string of the molecule is CCC(C)c1ccc(Oc2ccc(C(=O)O)cc2Br)cc1. The molecule has 1 N–H and O–H groups in total. The van der Waals surface area contributed by atoms with Crippen LogP contribution in [0.2, 0.25) is 0 Å². The summed E-state index contributed by atoms with van der Waals surface area (Å²) in [7, 11) is 0. The Hall–Kier alpha value is -1.81. The summed E-state index contributed by atoms with van der Waals surface area (Å²) in [5, 5.41) is 8.93. The second-order valence-electron chi connectivity index (χ2n) is 4.93. The molecule has 1 atom stereocenters. The van der Waals surface area contributed by atoms with Crippen molar-refractivity contribution in [1.82, 2.24) is 0 Å².